The lowest BCUT2D eigenvalue weighted by Crippen LogP contribution is -2.29. The first-order valence-corrected chi connectivity index (χ1v) is 7.64. The van der Waals surface area contributed by atoms with Crippen LogP contribution in [0, 0.1) is 6.92 Å². The van der Waals surface area contributed by atoms with E-state index < -0.39 is 0 Å². The van der Waals surface area contributed by atoms with Crippen molar-refractivity contribution in [2.24, 2.45) is 0 Å². The van der Waals surface area contributed by atoms with Crippen LogP contribution in [0.2, 0.25) is 0 Å². The highest BCUT2D eigenvalue weighted by molar-refractivity contribution is 7.99. The number of carbonyl (C=O) groups excluding carboxylic acids is 1. The largest absolute Gasteiger partial charge is 0.459 e. The first-order valence-electron chi connectivity index (χ1n) is 5.78. The molecule has 1 atom stereocenters. The monoisotopic (exact) mass is 279 g/mol. The molecule has 1 amide bonds. The Morgan fingerprint density at radius 3 is 3.00 bits per heavy atom. The predicted molar refractivity (Wildman–Crippen MR) is 74.0 cm³/mol. The fourth-order valence-corrected chi connectivity index (χ4v) is 4.41. The van der Waals surface area contributed by atoms with Gasteiger partial charge in [-0.05, 0) is 31.2 Å². The normalized spacial score (nSPS) is 19.4. The number of rotatable bonds is 2. The second-order valence-electron chi connectivity index (χ2n) is 4.15. The Bertz CT molecular complexity index is 547. The molecule has 94 valence electrons. The lowest BCUT2D eigenvalue weighted by Gasteiger charge is -2.21. The molecule has 0 N–H and O–H groups in total. The average Bonchev–Trinajstić information content (AvgIpc) is 3.09. The fraction of sp³-hybridized carbons (Fsp3) is 0.308. The SMILES string of the molecule is Cc1ccc([C@@H]2SCCN2C(=O)c2ccco2)s1. The van der Waals surface area contributed by atoms with Gasteiger partial charge in [0, 0.05) is 22.1 Å². The van der Waals surface area contributed by atoms with Crippen molar-refractivity contribution in [2.45, 2.75) is 12.3 Å². The minimum absolute atomic E-state index is 0.0129. The van der Waals surface area contributed by atoms with E-state index in [1.54, 1.807) is 29.7 Å². The highest BCUT2D eigenvalue weighted by atomic mass is 32.2. The summed E-state index contributed by atoms with van der Waals surface area (Å²) in [6.45, 7) is 2.87. The number of amides is 1. The summed E-state index contributed by atoms with van der Waals surface area (Å²) in [6.07, 6.45) is 1.54. The molecule has 0 aromatic carbocycles. The Morgan fingerprint density at radius 1 is 1.44 bits per heavy atom. The van der Waals surface area contributed by atoms with Crippen molar-refractivity contribution in [3.8, 4) is 0 Å². The van der Waals surface area contributed by atoms with E-state index in [-0.39, 0.29) is 11.3 Å². The van der Waals surface area contributed by atoms with Crippen molar-refractivity contribution < 1.29 is 9.21 Å². The zero-order valence-electron chi connectivity index (χ0n) is 9.96. The molecule has 0 unspecified atom stereocenters. The van der Waals surface area contributed by atoms with Crippen LogP contribution in [-0.2, 0) is 0 Å². The third-order valence-corrected chi connectivity index (χ3v) is 5.33. The van der Waals surface area contributed by atoms with Gasteiger partial charge in [-0.1, -0.05) is 0 Å². The second kappa shape index (κ2) is 4.82. The van der Waals surface area contributed by atoms with Crippen LogP contribution in [0.3, 0.4) is 0 Å². The van der Waals surface area contributed by atoms with E-state index in [1.165, 1.54) is 9.75 Å². The summed E-state index contributed by atoms with van der Waals surface area (Å²) >= 11 is 3.57. The van der Waals surface area contributed by atoms with Crippen molar-refractivity contribution in [1.29, 1.82) is 0 Å². The molecule has 0 saturated carbocycles. The van der Waals surface area contributed by atoms with Crippen LogP contribution in [0.5, 0.6) is 0 Å². The van der Waals surface area contributed by atoms with Gasteiger partial charge in [-0.3, -0.25) is 4.79 Å². The Balaban J connectivity index is 1.85. The molecule has 0 radical (unpaired) electrons. The van der Waals surface area contributed by atoms with E-state index in [4.69, 9.17) is 4.42 Å². The van der Waals surface area contributed by atoms with E-state index >= 15 is 0 Å². The Morgan fingerprint density at radius 2 is 2.33 bits per heavy atom. The molecule has 1 aliphatic rings. The molecule has 3 nitrogen and oxygen atoms in total. The van der Waals surface area contributed by atoms with Crippen LogP contribution in [0.25, 0.3) is 0 Å². The van der Waals surface area contributed by atoms with E-state index in [2.05, 4.69) is 19.1 Å². The van der Waals surface area contributed by atoms with E-state index in [0.717, 1.165) is 12.3 Å². The number of hydrogen-bond donors (Lipinski definition) is 0. The quantitative estimate of drug-likeness (QED) is 0.843. The zero-order chi connectivity index (χ0) is 12.5. The first-order chi connectivity index (χ1) is 8.75. The summed E-state index contributed by atoms with van der Waals surface area (Å²) in [5, 5.41) is 0.140. The smallest absolute Gasteiger partial charge is 0.290 e. The molecule has 3 heterocycles. The Hall–Kier alpha value is -1.20. The van der Waals surface area contributed by atoms with Crippen molar-refractivity contribution in [3.05, 3.63) is 46.0 Å². The van der Waals surface area contributed by atoms with Crippen LogP contribution < -0.4 is 0 Å². The predicted octanol–water partition coefficient (Wildman–Crippen LogP) is 3.54. The van der Waals surface area contributed by atoms with Crippen molar-refractivity contribution in [3.63, 3.8) is 0 Å². The molecular formula is C13H13NO2S2. The summed E-state index contributed by atoms with van der Waals surface area (Å²) in [4.78, 5) is 16.7. The van der Waals surface area contributed by atoms with Gasteiger partial charge in [0.25, 0.3) is 5.91 Å². The topological polar surface area (TPSA) is 33.5 Å². The molecule has 18 heavy (non-hydrogen) atoms. The standard InChI is InChI=1S/C13H13NO2S2/c1-9-4-5-11(18-9)13-14(6-8-17-13)12(15)10-3-2-7-16-10/h2-5,7,13H,6,8H2,1H3/t13-/m0/s1. The number of thioether (sulfide) groups is 1. The van der Waals surface area contributed by atoms with Gasteiger partial charge in [0.05, 0.1) is 6.26 Å². The minimum Gasteiger partial charge on any atom is -0.459 e. The number of nitrogens with zero attached hydrogens (tertiary/aromatic N) is 1. The highest BCUT2D eigenvalue weighted by Gasteiger charge is 2.33. The number of hydrogen-bond acceptors (Lipinski definition) is 4. The van der Waals surface area contributed by atoms with Crippen LogP contribution in [0.15, 0.2) is 34.9 Å². The maximum Gasteiger partial charge on any atom is 0.290 e. The molecule has 2 aromatic rings. The van der Waals surface area contributed by atoms with Gasteiger partial charge in [-0.25, -0.2) is 0 Å². The summed E-state index contributed by atoms with van der Waals surface area (Å²) in [5.41, 5.74) is 0. The molecule has 0 bridgehead atoms. The third kappa shape index (κ3) is 2.08. The summed E-state index contributed by atoms with van der Waals surface area (Å²) in [6, 6.07) is 7.70. The van der Waals surface area contributed by atoms with Gasteiger partial charge in [0.2, 0.25) is 0 Å². The number of thiophene rings is 1. The first kappa shape index (κ1) is 11.9. The zero-order valence-corrected chi connectivity index (χ0v) is 11.6. The maximum atomic E-state index is 12.3. The van der Waals surface area contributed by atoms with Gasteiger partial charge < -0.3 is 9.32 Å². The van der Waals surface area contributed by atoms with E-state index in [0.29, 0.717) is 5.76 Å². The fourth-order valence-electron chi connectivity index (χ4n) is 2.04. The summed E-state index contributed by atoms with van der Waals surface area (Å²) in [7, 11) is 0. The van der Waals surface area contributed by atoms with Gasteiger partial charge in [-0.15, -0.1) is 23.1 Å². The van der Waals surface area contributed by atoms with Crippen molar-refractivity contribution in [2.75, 3.05) is 12.3 Å². The molecule has 1 aliphatic heterocycles. The second-order valence-corrected chi connectivity index (χ2v) is 6.65. The van der Waals surface area contributed by atoms with E-state index in [9.17, 15) is 4.79 Å². The molecule has 0 aliphatic carbocycles. The van der Waals surface area contributed by atoms with Crippen molar-refractivity contribution >= 4 is 29.0 Å². The third-order valence-electron chi connectivity index (χ3n) is 2.89. The number of carbonyl (C=O) groups is 1. The molecule has 5 heteroatoms. The summed E-state index contributed by atoms with van der Waals surface area (Å²) < 4.78 is 5.20. The van der Waals surface area contributed by atoms with Crippen LogP contribution in [0.4, 0.5) is 0 Å². The minimum atomic E-state index is -0.0129. The van der Waals surface area contributed by atoms with E-state index in [1.807, 2.05) is 16.7 Å². The molecule has 3 rings (SSSR count). The highest BCUT2D eigenvalue weighted by Crippen LogP contribution is 2.41. The van der Waals surface area contributed by atoms with Gasteiger partial charge in [0.1, 0.15) is 5.37 Å². The lowest BCUT2D eigenvalue weighted by molar-refractivity contribution is 0.0730. The number of furan rings is 1. The molecule has 1 saturated heterocycles. The van der Waals surface area contributed by atoms with Gasteiger partial charge in [-0.2, -0.15) is 0 Å². The molecule has 2 aromatic heterocycles. The van der Waals surface area contributed by atoms with Crippen LogP contribution in [-0.4, -0.2) is 23.1 Å². The Kier molecular flexibility index (Phi) is 3.18. The average molecular weight is 279 g/mol. The number of aryl methyl sites for hydroxylation is 1. The van der Waals surface area contributed by atoms with Crippen LogP contribution >= 0.6 is 23.1 Å². The molecule has 0 spiro atoms. The molecular weight excluding hydrogens is 266 g/mol. The van der Waals surface area contributed by atoms with Crippen LogP contribution in [0.1, 0.15) is 25.7 Å². The van der Waals surface area contributed by atoms with Gasteiger partial charge in [0.15, 0.2) is 5.76 Å². The lowest BCUT2D eigenvalue weighted by atomic mass is 10.3. The summed E-state index contributed by atoms with van der Waals surface area (Å²) in [5.74, 6) is 1.39. The van der Waals surface area contributed by atoms with Crippen molar-refractivity contribution in [1.82, 2.24) is 4.90 Å². The Labute approximate surface area is 114 Å². The maximum absolute atomic E-state index is 12.3. The molecule has 1 fully saturated rings. The van der Waals surface area contributed by atoms with Gasteiger partial charge >= 0.3 is 0 Å².